The van der Waals surface area contributed by atoms with Gasteiger partial charge in [0.05, 0.1) is 5.00 Å². The van der Waals surface area contributed by atoms with E-state index in [0.29, 0.717) is 0 Å². The third kappa shape index (κ3) is 2.16. The molecule has 0 amide bonds. The number of nitrogens with one attached hydrogen (secondary N) is 1. The number of hydrogen-bond acceptors (Lipinski definition) is 4. The Morgan fingerprint density at radius 3 is 2.18 bits per heavy atom. The average Bonchev–Trinajstić information content (AvgIpc) is 3.09. The third-order valence-electron chi connectivity index (χ3n) is 2.47. The number of thiophene rings is 3. The molecule has 3 aromatic heterocycles. The summed E-state index contributed by atoms with van der Waals surface area (Å²) in [6.07, 6.45) is 0. The van der Waals surface area contributed by atoms with Gasteiger partial charge in [0.15, 0.2) is 0 Å². The van der Waals surface area contributed by atoms with E-state index in [4.69, 9.17) is 0 Å². The highest BCUT2D eigenvalue weighted by atomic mass is 32.1. The van der Waals surface area contributed by atoms with E-state index in [9.17, 15) is 0 Å². The highest BCUT2D eigenvalue weighted by molar-refractivity contribution is 7.27. The molecule has 86 valence electrons. The number of hydrogen-bond donors (Lipinski definition) is 1. The molecular formula is C13H11NS3. The van der Waals surface area contributed by atoms with E-state index in [1.54, 1.807) is 22.7 Å². The molecule has 0 saturated carbocycles. The van der Waals surface area contributed by atoms with Gasteiger partial charge in [-0.3, -0.25) is 0 Å². The van der Waals surface area contributed by atoms with Crippen LogP contribution in [0.25, 0.3) is 19.5 Å². The van der Waals surface area contributed by atoms with Crippen molar-refractivity contribution >= 4 is 39.0 Å². The van der Waals surface area contributed by atoms with Gasteiger partial charge in [0.1, 0.15) is 0 Å². The highest BCUT2D eigenvalue weighted by Crippen LogP contribution is 2.39. The predicted octanol–water partition coefficient (Wildman–Crippen LogP) is 5.25. The second kappa shape index (κ2) is 4.64. The first kappa shape index (κ1) is 11.0. The normalized spacial score (nSPS) is 10.6. The Morgan fingerprint density at radius 2 is 1.53 bits per heavy atom. The second-order valence-electron chi connectivity index (χ2n) is 3.56. The molecule has 1 nitrogen and oxygen atoms in total. The fourth-order valence-corrected chi connectivity index (χ4v) is 4.42. The quantitative estimate of drug-likeness (QED) is 0.689. The van der Waals surface area contributed by atoms with Gasteiger partial charge >= 0.3 is 0 Å². The summed E-state index contributed by atoms with van der Waals surface area (Å²) in [4.78, 5) is 5.39. The van der Waals surface area contributed by atoms with Gasteiger partial charge in [-0.15, -0.1) is 34.0 Å². The van der Waals surface area contributed by atoms with E-state index >= 15 is 0 Å². The van der Waals surface area contributed by atoms with Gasteiger partial charge in [0.2, 0.25) is 0 Å². The summed E-state index contributed by atoms with van der Waals surface area (Å²) in [6, 6.07) is 13.0. The van der Waals surface area contributed by atoms with Crippen LogP contribution < -0.4 is 5.32 Å². The van der Waals surface area contributed by atoms with Crippen LogP contribution in [0.15, 0.2) is 41.8 Å². The van der Waals surface area contributed by atoms with Crippen molar-refractivity contribution < 1.29 is 0 Å². The molecule has 0 radical (unpaired) electrons. The molecule has 0 unspecified atom stereocenters. The van der Waals surface area contributed by atoms with Crippen molar-refractivity contribution in [2.75, 3.05) is 12.4 Å². The van der Waals surface area contributed by atoms with Crippen LogP contribution in [0.3, 0.4) is 0 Å². The van der Waals surface area contributed by atoms with Gasteiger partial charge in [-0.25, -0.2) is 0 Å². The average molecular weight is 277 g/mol. The number of rotatable bonds is 3. The van der Waals surface area contributed by atoms with E-state index < -0.39 is 0 Å². The minimum atomic E-state index is 1.21. The summed E-state index contributed by atoms with van der Waals surface area (Å²) in [6.45, 7) is 0. The lowest BCUT2D eigenvalue weighted by Gasteiger charge is -1.91. The molecule has 0 atom stereocenters. The molecule has 0 fully saturated rings. The van der Waals surface area contributed by atoms with Crippen LogP contribution >= 0.6 is 34.0 Å². The van der Waals surface area contributed by atoms with E-state index in [-0.39, 0.29) is 0 Å². The maximum absolute atomic E-state index is 3.18. The third-order valence-corrected chi connectivity index (χ3v) is 5.91. The summed E-state index contributed by atoms with van der Waals surface area (Å²) in [5, 5.41) is 6.51. The summed E-state index contributed by atoms with van der Waals surface area (Å²) >= 11 is 5.46. The van der Waals surface area contributed by atoms with Crippen LogP contribution in [0, 0.1) is 0 Å². The zero-order valence-electron chi connectivity index (χ0n) is 9.27. The molecule has 0 aliphatic rings. The lowest BCUT2D eigenvalue weighted by Crippen LogP contribution is -1.79. The van der Waals surface area contributed by atoms with Crippen LogP contribution in [0.4, 0.5) is 5.00 Å². The van der Waals surface area contributed by atoms with E-state index in [0.717, 1.165) is 0 Å². The predicted molar refractivity (Wildman–Crippen MR) is 80.5 cm³/mol. The molecule has 3 heterocycles. The minimum absolute atomic E-state index is 1.21. The largest absolute Gasteiger partial charge is 0.380 e. The Labute approximate surface area is 112 Å². The standard InChI is InChI=1S/C13H11NS3/c1-14-13-7-6-12(17-13)11-5-4-10(16-11)9-3-2-8-15-9/h2-8,14H,1H3. The first-order valence-corrected chi connectivity index (χ1v) is 7.80. The van der Waals surface area contributed by atoms with Crippen molar-refractivity contribution in [1.29, 1.82) is 0 Å². The SMILES string of the molecule is CNc1ccc(-c2ccc(-c3cccs3)s2)s1. The van der Waals surface area contributed by atoms with E-state index in [2.05, 4.69) is 47.1 Å². The van der Waals surface area contributed by atoms with Crippen LogP contribution in [0.5, 0.6) is 0 Å². The first-order chi connectivity index (χ1) is 8.36. The van der Waals surface area contributed by atoms with Crippen molar-refractivity contribution in [2.45, 2.75) is 0 Å². The second-order valence-corrected chi connectivity index (χ2v) is 6.67. The lowest BCUT2D eigenvalue weighted by molar-refractivity contribution is 1.60. The van der Waals surface area contributed by atoms with Gasteiger partial charge in [0.25, 0.3) is 0 Å². The zero-order chi connectivity index (χ0) is 11.7. The van der Waals surface area contributed by atoms with Crippen molar-refractivity contribution in [2.24, 2.45) is 0 Å². The van der Waals surface area contributed by atoms with Crippen molar-refractivity contribution in [3.8, 4) is 19.5 Å². The Hall–Kier alpha value is -1.10. The molecule has 1 N–H and O–H groups in total. The molecule has 4 heteroatoms. The Balaban J connectivity index is 1.94. The van der Waals surface area contributed by atoms with Gasteiger partial charge in [-0.05, 0) is 35.7 Å². The lowest BCUT2D eigenvalue weighted by atomic mass is 10.3. The summed E-state index contributed by atoms with van der Waals surface area (Å²) in [5.74, 6) is 0. The Morgan fingerprint density at radius 1 is 0.824 bits per heavy atom. The fourth-order valence-electron chi connectivity index (χ4n) is 1.63. The summed E-state index contributed by atoms with van der Waals surface area (Å²) in [7, 11) is 1.96. The Bertz CT molecular complexity index is 604. The van der Waals surface area contributed by atoms with Crippen molar-refractivity contribution in [3.05, 3.63) is 41.8 Å². The van der Waals surface area contributed by atoms with E-state index in [1.165, 1.54) is 24.5 Å². The smallest absolute Gasteiger partial charge is 0.0886 e. The van der Waals surface area contributed by atoms with E-state index in [1.807, 2.05) is 18.4 Å². The minimum Gasteiger partial charge on any atom is -0.380 e. The van der Waals surface area contributed by atoms with Gasteiger partial charge in [0, 0.05) is 26.6 Å². The van der Waals surface area contributed by atoms with Crippen LogP contribution in [0.1, 0.15) is 0 Å². The van der Waals surface area contributed by atoms with Crippen LogP contribution in [-0.4, -0.2) is 7.05 Å². The first-order valence-electron chi connectivity index (χ1n) is 5.28. The zero-order valence-corrected chi connectivity index (χ0v) is 11.7. The monoisotopic (exact) mass is 277 g/mol. The molecular weight excluding hydrogens is 266 g/mol. The van der Waals surface area contributed by atoms with Crippen LogP contribution in [-0.2, 0) is 0 Å². The molecule has 3 aromatic rings. The van der Waals surface area contributed by atoms with Crippen molar-refractivity contribution in [3.63, 3.8) is 0 Å². The molecule has 17 heavy (non-hydrogen) atoms. The van der Waals surface area contributed by atoms with Crippen LogP contribution in [0.2, 0.25) is 0 Å². The molecule has 0 saturated heterocycles. The molecule has 0 spiro atoms. The topological polar surface area (TPSA) is 12.0 Å². The number of anilines is 1. The van der Waals surface area contributed by atoms with Gasteiger partial charge in [-0.1, -0.05) is 6.07 Å². The maximum atomic E-state index is 3.18. The molecule has 0 aromatic carbocycles. The highest BCUT2D eigenvalue weighted by Gasteiger charge is 2.07. The maximum Gasteiger partial charge on any atom is 0.0886 e. The fraction of sp³-hybridized carbons (Fsp3) is 0.0769. The molecule has 0 bridgehead atoms. The summed E-state index contributed by atoms with van der Waals surface area (Å²) in [5.41, 5.74) is 0. The molecule has 0 aliphatic heterocycles. The Kier molecular flexibility index (Phi) is 3.01. The van der Waals surface area contributed by atoms with Gasteiger partial charge < -0.3 is 5.32 Å². The molecule has 3 rings (SSSR count). The van der Waals surface area contributed by atoms with Gasteiger partial charge in [-0.2, -0.15) is 0 Å². The summed E-state index contributed by atoms with van der Waals surface area (Å²) < 4.78 is 0. The van der Waals surface area contributed by atoms with Crippen molar-refractivity contribution in [1.82, 2.24) is 0 Å². The molecule has 0 aliphatic carbocycles.